The van der Waals surface area contributed by atoms with Gasteiger partial charge in [0.1, 0.15) is 36.3 Å². The van der Waals surface area contributed by atoms with E-state index >= 15 is 0 Å². The summed E-state index contributed by atoms with van der Waals surface area (Å²) >= 11 is 0. The summed E-state index contributed by atoms with van der Waals surface area (Å²) < 4.78 is 52.9. The molecule has 4 rings (SSSR count). The van der Waals surface area contributed by atoms with Crippen molar-refractivity contribution in [1.29, 1.82) is 0 Å². The molecule has 0 aromatic heterocycles. The SMILES string of the molecule is CCOc1ccc(C2(c3cc([C@@H]4O[C@H](CO)[C@@H](O)[C@H](O)[C@H]4O)ccc3C(F)(F)F)CC2)cc1. The third-order valence-electron chi connectivity index (χ3n) is 6.55. The fourth-order valence-electron chi connectivity index (χ4n) is 4.63. The number of benzene rings is 2. The highest BCUT2D eigenvalue weighted by molar-refractivity contribution is 5.52. The molecule has 5 atom stereocenters. The highest BCUT2D eigenvalue weighted by Gasteiger charge is 2.51. The molecule has 2 aliphatic rings. The lowest BCUT2D eigenvalue weighted by Crippen LogP contribution is -2.55. The molecule has 2 aromatic carbocycles. The van der Waals surface area contributed by atoms with Crippen molar-refractivity contribution in [3.8, 4) is 5.75 Å². The predicted octanol–water partition coefficient (Wildman–Crippen LogP) is 2.70. The van der Waals surface area contributed by atoms with Gasteiger partial charge in [-0.25, -0.2) is 0 Å². The van der Waals surface area contributed by atoms with E-state index in [1.165, 1.54) is 12.1 Å². The Hall–Kier alpha value is -2.17. The summed E-state index contributed by atoms with van der Waals surface area (Å²) in [4.78, 5) is 0. The van der Waals surface area contributed by atoms with Crippen LogP contribution in [0.1, 0.15) is 48.1 Å². The van der Waals surface area contributed by atoms with Crippen molar-refractivity contribution in [3.05, 3.63) is 64.7 Å². The van der Waals surface area contributed by atoms with E-state index in [4.69, 9.17) is 9.47 Å². The lowest BCUT2D eigenvalue weighted by molar-refractivity contribution is -0.231. The molecule has 1 aliphatic heterocycles. The summed E-state index contributed by atoms with van der Waals surface area (Å²) in [6.07, 6.45) is -10.7. The van der Waals surface area contributed by atoms with Gasteiger partial charge in [0.25, 0.3) is 0 Å². The van der Waals surface area contributed by atoms with Crippen LogP contribution in [-0.2, 0) is 16.3 Å². The van der Waals surface area contributed by atoms with Crippen LogP contribution >= 0.6 is 0 Å². The maximum Gasteiger partial charge on any atom is 0.416 e. The first-order valence-electron chi connectivity index (χ1n) is 10.9. The average molecular weight is 468 g/mol. The molecular formula is C24H27F3O6. The molecule has 33 heavy (non-hydrogen) atoms. The molecule has 0 unspecified atom stereocenters. The van der Waals surface area contributed by atoms with Crippen molar-refractivity contribution in [3.63, 3.8) is 0 Å². The summed E-state index contributed by atoms with van der Waals surface area (Å²) in [6, 6.07) is 10.5. The van der Waals surface area contributed by atoms with Crippen molar-refractivity contribution in [2.75, 3.05) is 13.2 Å². The molecule has 1 heterocycles. The number of hydrogen-bond donors (Lipinski definition) is 4. The first-order valence-corrected chi connectivity index (χ1v) is 10.9. The maximum absolute atomic E-state index is 14.0. The molecule has 1 aliphatic carbocycles. The Morgan fingerprint density at radius 3 is 2.21 bits per heavy atom. The Bertz CT molecular complexity index is 971. The fourth-order valence-corrected chi connectivity index (χ4v) is 4.63. The molecule has 0 spiro atoms. The van der Waals surface area contributed by atoms with Gasteiger partial charge in [-0.05, 0) is 54.7 Å². The van der Waals surface area contributed by atoms with Gasteiger partial charge in [0.05, 0.1) is 18.8 Å². The molecule has 1 saturated carbocycles. The third kappa shape index (κ3) is 4.36. The highest BCUT2D eigenvalue weighted by atomic mass is 19.4. The second kappa shape index (κ2) is 8.88. The van der Waals surface area contributed by atoms with E-state index in [0.717, 1.165) is 11.6 Å². The molecule has 6 nitrogen and oxygen atoms in total. The predicted molar refractivity (Wildman–Crippen MR) is 112 cm³/mol. The van der Waals surface area contributed by atoms with E-state index in [0.29, 0.717) is 25.2 Å². The Labute approximate surface area is 189 Å². The van der Waals surface area contributed by atoms with Gasteiger partial charge in [-0.1, -0.05) is 24.3 Å². The van der Waals surface area contributed by atoms with Crippen LogP contribution in [0.3, 0.4) is 0 Å². The van der Waals surface area contributed by atoms with Gasteiger partial charge >= 0.3 is 6.18 Å². The number of ether oxygens (including phenoxy) is 2. The van der Waals surface area contributed by atoms with E-state index in [2.05, 4.69) is 0 Å². The monoisotopic (exact) mass is 468 g/mol. The first kappa shape index (κ1) is 24.0. The van der Waals surface area contributed by atoms with Gasteiger partial charge in [-0.15, -0.1) is 0 Å². The zero-order chi connectivity index (χ0) is 24.0. The maximum atomic E-state index is 14.0. The quantitative estimate of drug-likeness (QED) is 0.521. The van der Waals surface area contributed by atoms with Crippen molar-refractivity contribution in [1.82, 2.24) is 0 Å². The minimum Gasteiger partial charge on any atom is -0.494 e. The second-order valence-electron chi connectivity index (χ2n) is 8.59. The van der Waals surface area contributed by atoms with Crippen LogP contribution in [0.15, 0.2) is 42.5 Å². The summed E-state index contributed by atoms with van der Waals surface area (Å²) in [5.41, 5.74) is -0.606. The number of halogens is 3. The molecule has 9 heteroatoms. The number of alkyl halides is 3. The van der Waals surface area contributed by atoms with E-state index in [1.807, 2.05) is 6.92 Å². The Morgan fingerprint density at radius 1 is 1.00 bits per heavy atom. The molecule has 2 fully saturated rings. The standard InChI is InChI=1S/C24H27F3O6/c1-2-32-15-6-4-14(5-7-15)23(9-10-23)17-11-13(3-8-16(17)24(25,26)27)22-21(31)20(30)19(29)18(12-28)33-22/h3-8,11,18-22,28-31H,2,9-10,12H2,1H3/t18-,19-,20+,21-,22+/m1/s1. The normalized spacial score (nSPS) is 29.0. The molecule has 0 bridgehead atoms. The van der Waals surface area contributed by atoms with Gasteiger partial charge in [0, 0.05) is 5.41 Å². The minimum absolute atomic E-state index is 0.0635. The first-order chi connectivity index (χ1) is 15.6. The molecule has 0 amide bonds. The summed E-state index contributed by atoms with van der Waals surface area (Å²) in [5.74, 6) is 0.628. The number of aliphatic hydroxyl groups is 4. The van der Waals surface area contributed by atoms with E-state index in [-0.39, 0.29) is 11.1 Å². The highest BCUT2D eigenvalue weighted by Crippen LogP contribution is 2.57. The largest absolute Gasteiger partial charge is 0.494 e. The average Bonchev–Trinajstić information content (AvgIpc) is 3.59. The van der Waals surface area contributed by atoms with Gasteiger partial charge in [-0.3, -0.25) is 0 Å². The van der Waals surface area contributed by atoms with Crippen LogP contribution in [0.4, 0.5) is 13.2 Å². The van der Waals surface area contributed by atoms with Gasteiger partial charge < -0.3 is 29.9 Å². The van der Waals surface area contributed by atoms with Crippen LogP contribution in [-0.4, -0.2) is 58.1 Å². The lowest BCUT2D eigenvalue weighted by atomic mass is 9.82. The van der Waals surface area contributed by atoms with Crippen LogP contribution in [0, 0.1) is 0 Å². The summed E-state index contributed by atoms with van der Waals surface area (Å²) in [6.45, 7) is 1.70. The van der Waals surface area contributed by atoms with Crippen molar-refractivity contribution in [2.45, 2.75) is 61.9 Å². The Kier molecular flexibility index (Phi) is 6.45. The number of rotatable bonds is 6. The second-order valence-corrected chi connectivity index (χ2v) is 8.59. The Balaban J connectivity index is 1.77. The van der Waals surface area contributed by atoms with Crippen LogP contribution in [0.5, 0.6) is 5.75 Å². The zero-order valence-corrected chi connectivity index (χ0v) is 18.0. The molecule has 0 radical (unpaired) electrons. The van der Waals surface area contributed by atoms with E-state index in [1.54, 1.807) is 24.3 Å². The molecule has 180 valence electrons. The summed E-state index contributed by atoms with van der Waals surface area (Å²) in [5, 5.41) is 40.0. The van der Waals surface area contributed by atoms with Crippen LogP contribution in [0.2, 0.25) is 0 Å². The van der Waals surface area contributed by atoms with Gasteiger partial charge in [0.2, 0.25) is 0 Å². The molecule has 1 saturated heterocycles. The topological polar surface area (TPSA) is 99.4 Å². The molecular weight excluding hydrogens is 441 g/mol. The zero-order valence-electron chi connectivity index (χ0n) is 18.0. The van der Waals surface area contributed by atoms with Crippen molar-refractivity contribution >= 4 is 0 Å². The molecule has 2 aromatic rings. The van der Waals surface area contributed by atoms with E-state index < -0.39 is 54.3 Å². The number of hydrogen-bond acceptors (Lipinski definition) is 6. The Morgan fingerprint density at radius 2 is 1.67 bits per heavy atom. The van der Waals surface area contributed by atoms with Crippen LogP contribution < -0.4 is 4.74 Å². The van der Waals surface area contributed by atoms with E-state index in [9.17, 15) is 33.6 Å². The third-order valence-corrected chi connectivity index (χ3v) is 6.55. The summed E-state index contributed by atoms with van der Waals surface area (Å²) in [7, 11) is 0. The minimum atomic E-state index is -4.59. The van der Waals surface area contributed by atoms with Gasteiger partial charge in [-0.2, -0.15) is 13.2 Å². The van der Waals surface area contributed by atoms with Crippen molar-refractivity contribution < 1.29 is 43.1 Å². The van der Waals surface area contributed by atoms with Crippen LogP contribution in [0.25, 0.3) is 0 Å². The van der Waals surface area contributed by atoms with Gasteiger partial charge in [0.15, 0.2) is 0 Å². The van der Waals surface area contributed by atoms with Crippen molar-refractivity contribution in [2.24, 2.45) is 0 Å². The lowest BCUT2D eigenvalue weighted by Gasteiger charge is -2.40. The fraction of sp³-hybridized carbons (Fsp3) is 0.500. The smallest absolute Gasteiger partial charge is 0.416 e. The number of aliphatic hydroxyl groups excluding tert-OH is 4. The molecule has 4 N–H and O–H groups in total.